The lowest BCUT2D eigenvalue weighted by Gasteiger charge is -2.22. The minimum absolute atomic E-state index is 0.855. The van der Waals surface area contributed by atoms with Crippen LogP contribution in [-0.4, -0.2) is 19.6 Å². The fraction of sp³-hybridized carbons (Fsp3) is 0.538. The topological polar surface area (TPSA) is 24.1 Å². The third-order valence-electron chi connectivity index (χ3n) is 3.11. The molecule has 0 aromatic heterocycles. The fourth-order valence-corrected chi connectivity index (χ4v) is 2.60. The van der Waals surface area contributed by atoms with E-state index >= 15 is 0 Å². The van der Waals surface area contributed by atoms with Crippen LogP contribution in [0.25, 0.3) is 0 Å². The molecule has 0 aliphatic carbocycles. The molecule has 0 saturated carbocycles. The summed E-state index contributed by atoms with van der Waals surface area (Å²) in [7, 11) is 0. The van der Waals surface area contributed by atoms with Gasteiger partial charge in [-0.3, -0.25) is 0 Å². The van der Waals surface area contributed by atoms with Gasteiger partial charge in [0.05, 0.1) is 0 Å². The van der Waals surface area contributed by atoms with Crippen molar-refractivity contribution < 1.29 is 0 Å². The number of piperidine rings is 1. The van der Waals surface area contributed by atoms with Crippen LogP contribution in [0.4, 0.5) is 0 Å². The molecule has 3 heteroatoms. The van der Waals surface area contributed by atoms with E-state index in [1.54, 1.807) is 0 Å². The largest absolute Gasteiger partial charge is 0.317 e. The van der Waals surface area contributed by atoms with E-state index in [4.69, 9.17) is 0 Å². The molecule has 0 atom stereocenters. The van der Waals surface area contributed by atoms with Crippen molar-refractivity contribution in [3.63, 3.8) is 0 Å². The molecule has 0 unspecified atom stereocenters. The Balaban J connectivity index is 1.71. The number of hydrogen-bond donors (Lipinski definition) is 2. The average Bonchev–Trinajstić information content (AvgIpc) is 2.30. The predicted octanol–water partition coefficient (Wildman–Crippen LogP) is 2.54. The van der Waals surface area contributed by atoms with Crippen LogP contribution in [0.5, 0.6) is 0 Å². The van der Waals surface area contributed by atoms with Gasteiger partial charge >= 0.3 is 0 Å². The minimum atomic E-state index is 0.855. The molecule has 0 radical (unpaired) electrons. The van der Waals surface area contributed by atoms with E-state index in [0.29, 0.717) is 0 Å². The molecule has 1 aromatic carbocycles. The van der Waals surface area contributed by atoms with E-state index in [9.17, 15) is 0 Å². The van der Waals surface area contributed by atoms with E-state index in [1.165, 1.54) is 31.5 Å². The van der Waals surface area contributed by atoms with Crippen LogP contribution in [0.1, 0.15) is 18.4 Å². The lowest BCUT2D eigenvalue weighted by molar-refractivity contribution is 0.356. The maximum atomic E-state index is 3.55. The van der Waals surface area contributed by atoms with Gasteiger partial charge in [0.1, 0.15) is 0 Å². The van der Waals surface area contributed by atoms with Crippen LogP contribution in [0.2, 0.25) is 0 Å². The van der Waals surface area contributed by atoms with Gasteiger partial charge in [0, 0.05) is 11.0 Å². The maximum Gasteiger partial charge on any atom is 0.0206 e. The second-order valence-electron chi connectivity index (χ2n) is 4.45. The summed E-state index contributed by atoms with van der Waals surface area (Å²) in [4.78, 5) is 0. The highest BCUT2D eigenvalue weighted by atomic mass is 79.9. The molecule has 88 valence electrons. The van der Waals surface area contributed by atoms with Gasteiger partial charge in [-0.25, -0.2) is 0 Å². The Morgan fingerprint density at radius 1 is 1.31 bits per heavy atom. The van der Waals surface area contributed by atoms with Crippen LogP contribution in [0, 0.1) is 5.92 Å². The molecule has 1 heterocycles. The van der Waals surface area contributed by atoms with Crippen LogP contribution in [0.15, 0.2) is 28.7 Å². The zero-order valence-electron chi connectivity index (χ0n) is 9.51. The minimum Gasteiger partial charge on any atom is -0.317 e. The van der Waals surface area contributed by atoms with Crippen molar-refractivity contribution in [3.8, 4) is 0 Å². The second kappa shape index (κ2) is 6.38. The van der Waals surface area contributed by atoms with Gasteiger partial charge in [-0.05, 0) is 56.1 Å². The third kappa shape index (κ3) is 3.89. The van der Waals surface area contributed by atoms with E-state index in [0.717, 1.165) is 23.5 Å². The normalized spacial score (nSPS) is 17.6. The van der Waals surface area contributed by atoms with Gasteiger partial charge in [0.25, 0.3) is 0 Å². The summed E-state index contributed by atoms with van der Waals surface area (Å²) in [6, 6.07) is 8.50. The SMILES string of the molecule is Brc1cccc(CNCC2CCNCC2)c1. The molecule has 1 fully saturated rings. The van der Waals surface area contributed by atoms with Crippen molar-refractivity contribution in [2.45, 2.75) is 19.4 Å². The predicted molar refractivity (Wildman–Crippen MR) is 71.4 cm³/mol. The average molecular weight is 283 g/mol. The van der Waals surface area contributed by atoms with Crippen molar-refractivity contribution in [2.24, 2.45) is 5.92 Å². The quantitative estimate of drug-likeness (QED) is 0.887. The molecule has 1 aliphatic heterocycles. The summed E-state index contributed by atoms with van der Waals surface area (Å²) in [5.74, 6) is 0.855. The Labute approximate surface area is 106 Å². The smallest absolute Gasteiger partial charge is 0.0206 e. The van der Waals surface area contributed by atoms with Gasteiger partial charge in [0.15, 0.2) is 0 Å². The molecular formula is C13H19BrN2. The molecule has 2 rings (SSSR count). The molecule has 1 saturated heterocycles. The van der Waals surface area contributed by atoms with Crippen LogP contribution >= 0.6 is 15.9 Å². The van der Waals surface area contributed by atoms with Gasteiger partial charge in [-0.2, -0.15) is 0 Å². The molecule has 0 bridgehead atoms. The standard InChI is InChI=1S/C13H19BrN2/c14-13-3-1-2-12(8-13)10-16-9-11-4-6-15-7-5-11/h1-3,8,11,15-16H,4-7,9-10H2. The highest BCUT2D eigenvalue weighted by Crippen LogP contribution is 2.13. The Hall–Kier alpha value is -0.380. The molecule has 0 spiro atoms. The monoisotopic (exact) mass is 282 g/mol. The lowest BCUT2D eigenvalue weighted by atomic mass is 9.98. The highest BCUT2D eigenvalue weighted by molar-refractivity contribution is 9.10. The van der Waals surface area contributed by atoms with Crippen LogP contribution in [-0.2, 0) is 6.54 Å². The van der Waals surface area contributed by atoms with Crippen LogP contribution < -0.4 is 10.6 Å². The van der Waals surface area contributed by atoms with Gasteiger partial charge < -0.3 is 10.6 Å². The summed E-state index contributed by atoms with van der Waals surface area (Å²) in [5, 5.41) is 6.95. The Morgan fingerprint density at radius 2 is 2.12 bits per heavy atom. The van der Waals surface area contributed by atoms with Crippen molar-refractivity contribution in [1.29, 1.82) is 0 Å². The van der Waals surface area contributed by atoms with Crippen molar-refractivity contribution in [2.75, 3.05) is 19.6 Å². The Bertz CT molecular complexity index is 321. The van der Waals surface area contributed by atoms with E-state index in [1.807, 2.05) is 0 Å². The van der Waals surface area contributed by atoms with Crippen molar-refractivity contribution >= 4 is 15.9 Å². The molecule has 16 heavy (non-hydrogen) atoms. The first-order valence-electron chi connectivity index (χ1n) is 6.00. The molecule has 1 aliphatic rings. The van der Waals surface area contributed by atoms with Crippen molar-refractivity contribution in [1.82, 2.24) is 10.6 Å². The number of rotatable bonds is 4. The zero-order chi connectivity index (χ0) is 11.2. The van der Waals surface area contributed by atoms with E-state index in [2.05, 4.69) is 50.8 Å². The van der Waals surface area contributed by atoms with Gasteiger partial charge in [0.2, 0.25) is 0 Å². The van der Waals surface area contributed by atoms with Crippen LogP contribution in [0.3, 0.4) is 0 Å². The molecule has 0 amide bonds. The number of halogens is 1. The third-order valence-corrected chi connectivity index (χ3v) is 3.60. The molecule has 2 N–H and O–H groups in total. The Morgan fingerprint density at radius 3 is 2.88 bits per heavy atom. The summed E-state index contributed by atoms with van der Waals surface area (Å²) in [6.45, 7) is 4.49. The first-order chi connectivity index (χ1) is 7.84. The molecule has 1 aromatic rings. The lowest BCUT2D eigenvalue weighted by Crippen LogP contribution is -2.33. The van der Waals surface area contributed by atoms with Gasteiger partial charge in [-0.1, -0.05) is 28.1 Å². The summed E-state index contributed by atoms with van der Waals surface area (Å²) in [5.41, 5.74) is 1.35. The summed E-state index contributed by atoms with van der Waals surface area (Å²) >= 11 is 3.49. The maximum absolute atomic E-state index is 3.55. The Kier molecular flexibility index (Phi) is 4.82. The number of nitrogens with one attached hydrogen (secondary N) is 2. The second-order valence-corrected chi connectivity index (χ2v) is 5.37. The summed E-state index contributed by atoms with van der Waals surface area (Å²) < 4.78 is 1.16. The first kappa shape index (κ1) is 12.1. The molecule has 2 nitrogen and oxygen atoms in total. The van der Waals surface area contributed by atoms with E-state index < -0.39 is 0 Å². The van der Waals surface area contributed by atoms with Crippen molar-refractivity contribution in [3.05, 3.63) is 34.3 Å². The first-order valence-corrected chi connectivity index (χ1v) is 6.80. The highest BCUT2D eigenvalue weighted by Gasteiger charge is 2.11. The zero-order valence-corrected chi connectivity index (χ0v) is 11.1. The number of benzene rings is 1. The molecular weight excluding hydrogens is 264 g/mol. The van der Waals surface area contributed by atoms with Gasteiger partial charge in [-0.15, -0.1) is 0 Å². The van der Waals surface area contributed by atoms with E-state index in [-0.39, 0.29) is 0 Å². The number of hydrogen-bond acceptors (Lipinski definition) is 2. The fourth-order valence-electron chi connectivity index (χ4n) is 2.15. The summed E-state index contributed by atoms with van der Waals surface area (Å²) in [6.07, 6.45) is 2.62.